The van der Waals surface area contributed by atoms with Crippen LogP contribution in [0.1, 0.15) is 112 Å². The molecule has 2 fully saturated rings. The standard InChI is InChI=1S/C38H54F3N7O7S/c1-21(2)29(48(6)36(52)32(24-11-10-12-24)46-34(51)28-13-8-9-14-47(28)5)17-30(55-23(4)49)35-45-27(20-56-35)33(50)44-26(15-22(3)37(53)54-7)16-31-42-18-25(19-43-31)38(39,40)41/h18-22,24,26,28-30,32H,8-17H2,1-7H3,(H,44,50)(H,46,51)/t22-,26+,28+,29+,30+,32-/m0/s1. The lowest BCUT2D eigenvalue weighted by Gasteiger charge is -2.41. The summed E-state index contributed by atoms with van der Waals surface area (Å²) in [5.41, 5.74) is -1.04. The van der Waals surface area contributed by atoms with Crippen LogP contribution in [0.4, 0.5) is 13.2 Å². The fourth-order valence-corrected chi connectivity index (χ4v) is 8.07. The minimum atomic E-state index is -4.63. The van der Waals surface area contributed by atoms with Gasteiger partial charge < -0.3 is 25.0 Å². The van der Waals surface area contributed by atoms with Crippen LogP contribution in [0.25, 0.3) is 0 Å². The molecule has 2 aromatic heterocycles. The van der Waals surface area contributed by atoms with Crippen LogP contribution in [0.2, 0.25) is 0 Å². The molecule has 1 aliphatic heterocycles. The van der Waals surface area contributed by atoms with Gasteiger partial charge in [-0.15, -0.1) is 11.3 Å². The first-order valence-electron chi connectivity index (χ1n) is 19.1. The fourth-order valence-electron chi connectivity index (χ4n) is 7.23. The summed E-state index contributed by atoms with van der Waals surface area (Å²) in [6.45, 7) is 7.57. The second-order valence-corrected chi connectivity index (χ2v) is 16.1. The summed E-state index contributed by atoms with van der Waals surface area (Å²) >= 11 is 1.09. The molecule has 2 N–H and O–H groups in total. The highest BCUT2D eigenvalue weighted by Crippen LogP contribution is 2.34. The molecule has 0 aromatic carbocycles. The van der Waals surface area contributed by atoms with Crippen molar-refractivity contribution in [3.05, 3.63) is 39.9 Å². The molecule has 14 nitrogen and oxygen atoms in total. The van der Waals surface area contributed by atoms with Gasteiger partial charge in [0.25, 0.3) is 5.91 Å². The molecule has 4 rings (SSSR count). The van der Waals surface area contributed by atoms with E-state index in [1.165, 1.54) is 19.4 Å². The third-order valence-corrected chi connectivity index (χ3v) is 11.6. The average molecular weight is 810 g/mol. The van der Waals surface area contributed by atoms with Gasteiger partial charge in [-0.3, -0.25) is 28.9 Å². The van der Waals surface area contributed by atoms with Gasteiger partial charge in [-0.2, -0.15) is 13.2 Å². The molecule has 3 heterocycles. The van der Waals surface area contributed by atoms with Crippen molar-refractivity contribution in [1.82, 2.24) is 35.4 Å². The van der Waals surface area contributed by atoms with E-state index in [2.05, 4.69) is 25.6 Å². The molecule has 56 heavy (non-hydrogen) atoms. The number of hydrogen-bond donors (Lipinski definition) is 2. The molecule has 2 aromatic rings. The summed E-state index contributed by atoms with van der Waals surface area (Å²) < 4.78 is 49.8. The van der Waals surface area contributed by atoms with Crippen LogP contribution in [-0.4, -0.2) is 106 Å². The van der Waals surface area contributed by atoms with Gasteiger partial charge >= 0.3 is 18.1 Å². The normalized spacial score (nSPS) is 19.2. The van der Waals surface area contributed by atoms with Crippen molar-refractivity contribution in [2.45, 2.75) is 122 Å². The molecule has 310 valence electrons. The highest BCUT2D eigenvalue weighted by molar-refractivity contribution is 7.09. The number of esters is 2. The van der Waals surface area contributed by atoms with Crippen molar-refractivity contribution in [2.75, 3.05) is 27.7 Å². The van der Waals surface area contributed by atoms with Crippen LogP contribution < -0.4 is 10.6 Å². The van der Waals surface area contributed by atoms with Crippen molar-refractivity contribution in [1.29, 1.82) is 0 Å². The summed E-state index contributed by atoms with van der Waals surface area (Å²) in [5.74, 6) is -2.87. The number of halogens is 3. The molecule has 3 amide bonds. The number of amides is 3. The van der Waals surface area contributed by atoms with E-state index in [0.29, 0.717) is 17.4 Å². The number of aromatic nitrogens is 3. The van der Waals surface area contributed by atoms with Crippen LogP contribution in [0.5, 0.6) is 0 Å². The van der Waals surface area contributed by atoms with Crippen molar-refractivity contribution in [2.24, 2.45) is 17.8 Å². The number of hydrogen-bond acceptors (Lipinski definition) is 12. The monoisotopic (exact) mass is 809 g/mol. The van der Waals surface area contributed by atoms with Crippen LogP contribution >= 0.6 is 11.3 Å². The Hall–Kier alpha value is -4.19. The van der Waals surface area contributed by atoms with Crippen molar-refractivity contribution < 1.29 is 46.6 Å². The number of nitrogens with one attached hydrogen (secondary N) is 2. The summed E-state index contributed by atoms with van der Waals surface area (Å²) in [6, 6.07) is -2.23. The number of methoxy groups -OCH3 is 1. The van der Waals surface area contributed by atoms with E-state index in [0.717, 1.165) is 56.4 Å². The zero-order chi connectivity index (χ0) is 41.3. The minimum Gasteiger partial charge on any atom is -0.469 e. The molecule has 0 bridgehead atoms. The molecular weight excluding hydrogens is 756 g/mol. The maximum atomic E-state index is 14.2. The number of likely N-dealkylation sites (tertiary alicyclic amines) is 1. The van der Waals surface area contributed by atoms with Gasteiger partial charge in [0, 0.05) is 56.7 Å². The van der Waals surface area contributed by atoms with E-state index in [9.17, 15) is 37.1 Å². The molecule has 6 atom stereocenters. The Labute approximate surface area is 329 Å². The van der Waals surface area contributed by atoms with Crippen molar-refractivity contribution >= 4 is 41.0 Å². The molecular formula is C38H54F3N7O7S. The van der Waals surface area contributed by atoms with E-state index in [-0.39, 0.29) is 60.5 Å². The SMILES string of the molecule is COC(=O)[C@@H](C)C[C@H](Cc1ncc(C(F)(F)F)cn1)NC(=O)c1csc([C@@H](C[C@H](C(C)C)N(C)C(=O)[C@@H](NC(=O)[C@H]2CCCCN2C)C2CCC2)OC(C)=O)n1. The molecule has 1 saturated carbocycles. The Morgan fingerprint density at radius 1 is 1.02 bits per heavy atom. The first-order chi connectivity index (χ1) is 26.4. The van der Waals surface area contributed by atoms with Crippen LogP contribution in [0, 0.1) is 17.8 Å². The smallest absolute Gasteiger partial charge is 0.419 e. The van der Waals surface area contributed by atoms with Gasteiger partial charge in [-0.25, -0.2) is 15.0 Å². The minimum absolute atomic E-state index is 0.0165. The Bertz CT molecular complexity index is 1670. The molecule has 0 unspecified atom stereocenters. The van der Waals surface area contributed by atoms with E-state index in [1.54, 1.807) is 18.9 Å². The Morgan fingerprint density at radius 3 is 2.25 bits per heavy atom. The highest BCUT2D eigenvalue weighted by Gasteiger charge is 2.40. The highest BCUT2D eigenvalue weighted by atomic mass is 32.1. The van der Waals surface area contributed by atoms with Crippen LogP contribution in [-0.2, 0) is 41.2 Å². The predicted molar refractivity (Wildman–Crippen MR) is 200 cm³/mol. The lowest BCUT2D eigenvalue weighted by molar-refractivity contribution is -0.149. The predicted octanol–water partition coefficient (Wildman–Crippen LogP) is 4.74. The number of nitrogens with zero attached hydrogens (tertiary/aromatic N) is 5. The Morgan fingerprint density at radius 2 is 1.70 bits per heavy atom. The average Bonchev–Trinajstić information content (AvgIpc) is 3.62. The molecule has 1 saturated heterocycles. The first-order valence-corrected chi connectivity index (χ1v) is 19.9. The molecule has 0 radical (unpaired) electrons. The van der Waals surface area contributed by atoms with Gasteiger partial charge in [0.15, 0.2) is 6.10 Å². The third kappa shape index (κ3) is 11.9. The summed E-state index contributed by atoms with van der Waals surface area (Å²) in [5, 5.41) is 7.69. The topological polar surface area (TPSA) is 173 Å². The third-order valence-electron chi connectivity index (χ3n) is 10.7. The molecule has 18 heteroatoms. The van der Waals surface area contributed by atoms with Crippen molar-refractivity contribution in [3.8, 4) is 0 Å². The fraction of sp³-hybridized carbons (Fsp3) is 0.684. The number of ether oxygens (including phenoxy) is 2. The van der Waals surface area contributed by atoms with Crippen LogP contribution in [0.15, 0.2) is 17.8 Å². The van der Waals surface area contributed by atoms with Crippen molar-refractivity contribution in [3.63, 3.8) is 0 Å². The van der Waals surface area contributed by atoms with Gasteiger partial charge in [-0.1, -0.05) is 33.6 Å². The maximum absolute atomic E-state index is 14.2. The van der Waals surface area contributed by atoms with Gasteiger partial charge in [0.1, 0.15) is 22.6 Å². The van der Waals surface area contributed by atoms with E-state index in [1.807, 2.05) is 25.8 Å². The largest absolute Gasteiger partial charge is 0.469 e. The number of alkyl halides is 3. The quantitative estimate of drug-likeness (QED) is 0.212. The summed E-state index contributed by atoms with van der Waals surface area (Å²) in [7, 11) is 4.84. The number of carbonyl (C=O) groups excluding carboxylic acids is 5. The molecule has 2 aliphatic rings. The van der Waals surface area contributed by atoms with E-state index >= 15 is 0 Å². The van der Waals surface area contributed by atoms with Gasteiger partial charge in [0.05, 0.1) is 24.6 Å². The Balaban J connectivity index is 1.51. The lowest BCUT2D eigenvalue weighted by Crippen LogP contribution is -2.59. The number of piperidine rings is 1. The maximum Gasteiger partial charge on any atom is 0.419 e. The first kappa shape index (κ1) is 44.5. The zero-order valence-corrected chi connectivity index (χ0v) is 33.9. The summed E-state index contributed by atoms with van der Waals surface area (Å²) in [6.07, 6.45) is 1.24. The molecule has 1 aliphatic carbocycles. The summed E-state index contributed by atoms with van der Waals surface area (Å²) in [4.78, 5) is 81.6. The number of thiazole rings is 1. The second kappa shape index (κ2) is 19.8. The van der Waals surface area contributed by atoms with Gasteiger partial charge in [-0.05, 0) is 57.5 Å². The van der Waals surface area contributed by atoms with Crippen LogP contribution in [0.3, 0.4) is 0 Å². The van der Waals surface area contributed by atoms with E-state index < -0.39 is 59.7 Å². The number of rotatable bonds is 17. The van der Waals surface area contributed by atoms with E-state index in [4.69, 9.17) is 9.47 Å². The van der Waals surface area contributed by atoms with Gasteiger partial charge in [0.2, 0.25) is 11.8 Å². The Kier molecular flexibility index (Phi) is 15.7. The second-order valence-electron chi connectivity index (χ2n) is 15.3. The molecule has 0 spiro atoms. The number of likely N-dealkylation sites (N-methyl/N-ethyl adjacent to an activating group) is 2. The lowest BCUT2D eigenvalue weighted by atomic mass is 9.78. The number of carbonyl (C=O) groups is 5. The zero-order valence-electron chi connectivity index (χ0n) is 33.1.